The Balaban J connectivity index is 1.72. The van der Waals surface area contributed by atoms with Crippen molar-refractivity contribution in [3.63, 3.8) is 0 Å². The highest BCUT2D eigenvalue weighted by atomic mass is 16.3. The van der Waals surface area contributed by atoms with Crippen LogP contribution in [0.3, 0.4) is 0 Å². The van der Waals surface area contributed by atoms with Crippen LogP contribution in [0.4, 0.5) is 0 Å². The van der Waals surface area contributed by atoms with Crippen LogP contribution in [0.15, 0.2) is 35.5 Å². The highest BCUT2D eigenvalue weighted by Crippen LogP contribution is 2.60. The second-order valence-electron chi connectivity index (χ2n) is 11.5. The van der Waals surface area contributed by atoms with Gasteiger partial charge in [0.25, 0.3) is 0 Å². The third-order valence-corrected chi connectivity index (χ3v) is 8.37. The van der Waals surface area contributed by atoms with Crippen LogP contribution in [0.5, 0.6) is 0 Å². The lowest BCUT2D eigenvalue weighted by atomic mass is 9.60. The third kappa shape index (κ3) is 5.71. The molecule has 0 aromatic rings. The fourth-order valence-corrected chi connectivity index (χ4v) is 6.93. The highest BCUT2D eigenvalue weighted by molar-refractivity contribution is 5.38. The van der Waals surface area contributed by atoms with E-state index in [2.05, 4.69) is 32.6 Å². The fourth-order valence-electron chi connectivity index (χ4n) is 6.93. The molecule has 1 unspecified atom stereocenters. The monoisotopic (exact) mass is 432 g/mol. The summed E-state index contributed by atoms with van der Waals surface area (Å²) in [6.45, 7) is 12.3. The number of rotatable bonds is 6. The van der Waals surface area contributed by atoms with Gasteiger partial charge in [-0.2, -0.15) is 0 Å². The van der Waals surface area contributed by atoms with Crippen molar-refractivity contribution in [1.82, 2.24) is 0 Å². The van der Waals surface area contributed by atoms with Gasteiger partial charge in [-0.25, -0.2) is 0 Å². The first-order valence-electron chi connectivity index (χ1n) is 12.3. The van der Waals surface area contributed by atoms with Crippen LogP contribution in [0, 0.1) is 23.2 Å². The van der Waals surface area contributed by atoms with E-state index >= 15 is 0 Å². The van der Waals surface area contributed by atoms with Gasteiger partial charge in [0, 0.05) is 12.8 Å². The average Bonchev–Trinajstić information content (AvgIpc) is 2.99. The fraction of sp³-hybridized carbons (Fsp3) is 0.778. The van der Waals surface area contributed by atoms with Gasteiger partial charge in [0.1, 0.15) is 0 Å². The minimum Gasteiger partial charge on any atom is -0.393 e. The summed E-state index contributed by atoms with van der Waals surface area (Å²) in [5.41, 5.74) is 2.64. The van der Waals surface area contributed by atoms with Crippen LogP contribution in [0.25, 0.3) is 0 Å². The molecular formula is C27H44O4. The maximum absolute atomic E-state index is 10.5. The summed E-state index contributed by atoms with van der Waals surface area (Å²) in [7, 11) is 0. The Labute approximate surface area is 188 Å². The zero-order chi connectivity index (χ0) is 23.0. The Morgan fingerprint density at radius 2 is 1.94 bits per heavy atom. The van der Waals surface area contributed by atoms with Crippen molar-refractivity contribution in [3.8, 4) is 0 Å². The maximum atomic E-state index is 10.5. The highest BCUT2D eigenvalue weighted by Gasteiger charge is 2.50. The summed E-state index contributed by atoms with van der Waals surface area (Å²) in [5, 5.41) is 40.7. The number of hydrogen-bond donors (Lipinski definition) is 4. The van der Waals surface area contributed by atoms with Gasteiger partial charge in [-0.1, -0.05) is 38.2 Å². The van der Waals surface area contributed by atoms with Crippen LogP contribution in [-0.4, -0.2) is 44.3 Å². The topological polar surface area (TPSA) is 80.9 Å². The first-order valence-corrected chi connectivity index (χ1v) is 12.3. The Hall–Kier alpha value is -0.940. The van der Waals surface area contributed by atoms with E-state index in [0.29, 0.717) is 37.0 Å². The summed E-state index contributed by atoms with van der Waals surface area (Å²) < 4.78 is 0. The summed E-state index contributed by atoms with van der Waals surface area (Å²) in [6.07, 6.45) is 10.8. The molecule has 3 fully saturated rings. The lowest BCUT2D eigenvalue weighted by molar-refractivity contribution is 0.000127. The number of aliphatic hydroxyl groups is 4. The van der Waals surface area contributed by atoms with Crippen molar-refractivity contribution in [3.05, 3.63) is 35.5 Å². The Morgan fingerprint density at radius 3 is 2.61 bits per heavy atom. The van der Waals surface area contributed by atoms with E-state index in [-0.39, 0.29) is 5.41 Å². The quantitative estimate of drug-likeness (QED) is 0.491. The van der Waals surface area contributed by atoms with Gasteiger partial charge in [-0.05, 0) is 93.1 Å². The van der Waals surface area contributed by atoms with Crippen molar-refractivity contribution in [2.75, 3.05) is 0 Å². The zero-order valence-electron chi connectivity index (χ0n) is 20.0. The molecule has 0 aromatic carbocycles. The molecule has 4 nitrogen and oxygen atoms in total. The van der Waals surface area contributed by atoms with Crippen LogP contribution in [-0.2, 0) is 0 Å². The SMILES string of the molecule is C=C1C(=CC=C2CCC[C@@]3(C)C2CC[C@@H]3[C@H](C)C[C@H](O)CC(C)(C)O)C[C@@H](O)C[C@@H]1O. The summed E-state index contributed by atoms with van der Waals surface area (Å²) in [6, 6.07) is 0. The molecule has 0 aliphatic heterocycles. The first-order chi connectivity index (χ1) is 14.4. The number of allylic oxidation sites excluding steroid dienone is 3. The molecule has 4 N–H and O–H groups in total. The molecule has 4 heteroatoms. The molecule has 0 heterocycles. The normalized spacial score (nSPS) is 39.0. The molecule has 0 saturated heterocycles. The van der Waals surface area contributed by atoms with E-state index in [1.807, 2.05) is 0 Å². The predicted molar refractivity (Wildman–Crippen MR) is 125 cm³/mol. The van der Waals surface area contributed by atoms with Crippen molar-refractivity contribution in [1.29, 1.82) is 0 Å². The maximum Gasteiger partial charge on any atom is 0.0811 e. The van der Waals surface area contributed by atoms with Crippen molar-refractivity contribution in [2.24, 2.45) is 23.2 Å². The van der Waals surface area contributed by atoms with Gasteiger partial charge in [-0.3, -0.25) is 0 Å². The molecule has 31 heavy (non-hydrogen) atoms. The van der Waals surface area contributed by atoms with Crippen LogP contribution in [0.2, 0.25) is 0 Å². The van der Waals surface area contributed by atoms with Gasteiger partial charge in [0.05, 0.1) is 23.9 Å². The average molecular weight is 433 g/mol. The lowest BCUT2D eigenvalue weighted by Crippen LogP contribution is -2.37. The van der Waals surface area contributed by atoms with E-state index in [1.54, 1.807) is 13.8 Å². The predicted octanol–water partition coefficient (Wildman–Crippen LogP) is 4.68. The van der Waals surface area contributed by atoms with E-state index in [1.165, 1.54) is 31.3 Å². The van der Waals surface area contributed by atoms with Crippen molar-refractivity contribution in [2.45, 2.75) is 109 Å². The van der Waals surface area contributed by atoms with Gasteiger partial charge >= 0.3 is 0 Å². The van der Waals surface area contributed by atoms with Crippen LogP contribution in [0.1, 0.15) is 85.5 Å². The summed E-state index contributed by atoms with van der Waals surface area (Å²) >= 11 is 0. The Kier molecular flexibility index (Phi) is 7.57. The minimum absolute atomic E-state index is 0.249. The molecular weight excluding hydrogens is 388 g/mol. The molecule has 7 atom stereocenters. The van der Waals surface area contributed by atoms with Crippen LogP contribution >= 0.6 is 0 Å². The number of fused-ring (bicyclic) bond motifs is 1. The Bertz CT molecular complexity index is 715. The van der Waals surface area contributed by atoms with Gasteiger partial charge in [0.15, 0.2) is 0 Å². The van der Waals surface area contributed by atoms with E-state index in [0.717, 1.165) is 24.0 Å². The molecule has 3 saturated carbocycles. The molecule has 0 aromatic heterocycles. The lowest BCUT2D eigenvalue weighted by Gasteiger charge is -2.44. The van der Waals surface area contributed by atoms with Gasteiger partial charge in [-0.15, -0.1) is 0 Å². The second-order valence-corrected chi connectivity index (χ2v) is 11.5. The van der Waals surface area contributed by atoms with E-state index in [4.69, 9.17) is 0 Å². The molecule has 0 amide bonds. The van der Waals surface area contributed by atoms with Crippen LogP contribution < -0.4 is 0 Å². The molecule has 0 bridgehead atoms. The third-order valence-electron chi connectivity index (χ3n) is 8.37. The largest absolute Gasteiger partial charge is 0.393 e. The van der Waals surface area contributed by atoms with Crippen molar-refractivity contribution >= 4 is 0 Å². The molecule has 3 aliphatic carbocycles. The van der Waals surface area contributed by atoms with E-state index < -0.39 is 23.9 Å². The zero-order valence-corrected chi connectivity index (χ0v) is 20.0. The summed E-state index contributed by atoms with van der Waals surface area (Å²) in [5.74, 6) is 1.57. The molecule has 176 valence electrons. The van der Waals surface area contributed by atoms with Crippen molar-refractivity contribution < 1.29 is 20.4 Å². The molecule has 0 spiro atoms. The standard InChI is InChI=1S/C27H44O4/c1-17(13-22(29)16-26(3,4)31)23-10-11-24-19(7-6-12-27(23,24)5)8-9-20-14-21(28)15-25(30)18(20)2/h8-9,17,21-25,28-31H,2,6-7,10-16H2,1,3-5H3/t17-,21-,22+,23-,24?,25+,27-/m1/s1. The molecule has 3 rings (SSSR count). The second kappa shape index (κ2) is 9.51. The molecule has 3 aliphatic rings. The van der Waals surface area contributed by atoms with E-state index in [9.17, 15) is 20.4 Å². The number of aliphatic hydroxyl groups excluding tert-OH is 3. The molecule has 0 radical (unpaired) electrons. The van der Waals surface area contributed by atoms with Gasteiger partial charge in [0.2, 0.25) is 0 Å². The smallest absolute Gasteiger partial charge is 0.0811 e. The van der Waals surface area contributed by atoms with Gasteiger partial charge < -0.3 is 20.4 Å². The minimum atomic E-state index is -0.834. The Morgan fingerprint density at radius 1 is 1.23 bits per heavy atom. The number of hydrogen-bond acceptors (Lipinski definition) is 4. The first kappa shape index (κ1) is 24.7. The summed E-state index contributed by atoms with van der Waals surface area (Å²) in [4.78, 5) is 0.